The highest BCUT2D eigenvalue weighted by molar-refractivity contribution is 5.93. The first-order chi connectivity index (χ1) is 12.2. The topological polar surface area (TPSA) is 41.1 Å². The summed E-state index contributed by atoms with van der Waals surface area (Å²) in [5, 5.41) is 6.35. The third-order valence-corrected chi connectivity index (χ3v) is 4.15. The average Bonchev–Trinajstić information content (AvgIpc) is 2.66. The van der Waals surface area contributed by atoms with Crippen LogP contribution in [0.3, 0.4) is 0 Å². The Bertz CT molecular complexity index is 776. The molecule has 25 heavy (non-hydrogen) atoms. The predicted molar refractivity (Wildman–Crippen MR) is 103 cm³/mol. The molecule has 3 aromatic carbocycles. The molecule has 0 aliphatic carbocycles. The van der Waals surface area contributed by atoms with Gasteiger partial charge < -0.3 is 5.32 Å². The van der Waals surface area contributed by atoms with Gasteiger partial charge in [0.15, 0.2) is 0 Å². The first kappa shape index (κ1) is 16.9. The van der Waals surface area contributed by atoms with Crippen molar-refractivity contribution in [2.75, 3.05) is 11.9 Å². The minimum atomic E-state index is -0.0498. The van der Waals surface area contributed by atoms with Gasteiger partial charge in [0.05, 0.1) is 12.6 Å². The second-order valence-electron chi connectivity index (χ2n) is 6.00. The number of para-hydroxylation sites is 1. The molecule has 2 N–H and O–H groups in total. The van der Waals surface area contributed by atoms with Crippen LogP contribution in [0.2, 0.25) is 0 Å². The largest absolute Gasteiger partial charge is 0.325 e. The molecule has 0 aromatic heterocycles. The monoisotopic (exact) mass is 330 g/mol. The van der Waals surface area contributed by atoms with E-state index in [4.69, 9.17) is 0 Å². The van der Waals surface area contributed by atoms with Crippen molar-refractivity contribution in [2.45, 2.75) is 13.0 Å². The van der Waals surface area contributed by atoms with Crippen molar-refractivity contribution in [3.63, 3.8) is 0 Å². The summed E-state index contributed by atoms with van der Waals surface area (Å²) in [4.78, 5) is 12.4. The summed E-state index contributed by atoms with van der Waals surface area (Å²) in [6, 6.07) is 28.1. The van der Waals surface area contributed by atoms with Gasteiger partial charge in [0.25, 0.3) is 0 Å². The summed E-state index contributed by atoms with van der Waals surface area (Å²) in [5.41, 5.74) is 4.18. The zero-order chi connectivity index (χ0) is 17.5. The molecule has 0 bridgehead atoms. The van der Waals surface area contributed by atoms with E-state index in [9.17, 15) is 4.79 Å². The number of aryl methyl sites for hydroxylation is 1. The van der Waals surface area contributed by atoms with E-state index in [-0.39, 0.29) is 18.5 Å². The summed E-state index contributed by atoms with van der Waals surface area (Å²) >= 11 is 0. The van der Waals surface area contributed by atoms with Crippen molar-refractivity contribution in [3.8, 4) is 0 Å². The number of carbonyl (C=O) groups is 1. The molecule has 0 heterocycles. The van der Waals surface area contributed by atoms with Gasteiger partial charge >= 0.3 is 0 Å². The first-order valence-electron chi connectivity index (χ1n) is 8.43. The van der Waals surface area contributed by atoms with Crippen LogP contribution in [0.25, 0.3) is 0 Å². The van der Waals surface area contributed by atoms with Crippen LogP contribution in [0.4, 0.5) is 5.69 Å². The number of nitrogens with one attached hydrogen (secondary N) is 2. The lowest BCUT2D eigenvalue weighted by Crippen LogP contribution is -2.32. The van der Waals surface area contributed by atoms with E-state index in [2.05, 4.69) is 34.9 Å². The number of hydrogen-bond donors (Lipinski definition) is 2. The van der Waals surface area contributed by atoms with Crippen LogP contribution >= 0.6 is 0 Å². The number of anilines is 1. The molecule has 3 rings (SSSR count). The third kappa shape index (κ3) is 4.55. The van der Waals surface area contributed by atoms with Crippen molar-refractivity contribution >= 4 is 11.6 Å². The Balaban J connectivity index is 1.71. The summed E-state index contributed by atoms with van der Waals surface area (Å²) in [5.74, 6) is -0.0498. The summed E-state index contributed by atoms with van der Waals surface area (Å²) in [6.45, 7) is 2.22. The molecule has 3 aromatic rings. The quantitative estimate of drug-likeness (QED) is 0.707. The maximum absolute atomic E-state index is 12.4. The van der Waals surface area contributed by atoms with Crippen LogP contribution in [0.15, 0.2) is 84.9 Å². The molecular weight excluding hydrogens is 308 g/mol. The first-order valence-corrected chi connectivity index (χ1v) is 8.43. The van der Waals surface area contributed by atoms with Crippen LogP contribution in [-0.2, 0) is 4.79 Å². The van der Waals surface area contributed by atoms with Gasteiger partial charge in [-0.3, -0.25) is 10.1 Å². The standard InChI is InChI=1S/C22H22N2O/c1-17-10-8-9-15-20(17)24-21(25)16-23-22(18-11-4-2-5-12-18)19-13-6-3-7-14-19/h2-15,22-23H,16H2,1H3,(H,24,25). The highest BCUT2D eigenvalue weighted by atomic mass is 16.1. The molecule has 3 nitrogen and oxygen atoms in total. The molecule has 0 saturated heterocycles. The zero-order valence-corrected chi connectivity index (χ0v) is 14.3. The fourth-order valence-corrected chi connectivity index (χ4v) is 2.82. The third-order valence-electron chi connectivity index (χ3n) is 4.15. The molecular formula is C22H22N2O. The molecule has 0 aliphatic heterocycles. The van der Waals surface area contributed by atoms with Crippen molar-refractivity contribution in [1.82, 2.24) is 5.32 Å². The summed E-state index contributed by atoms with van der Waals surface area (Å²) in [7, 11) is 0. The van der Waals surface area contributed by atoms with Gasteiger partial charge in [-0.05, 0) is 29.7 Å². The van der Waals surface area contributed by atoms with Gasteiger partial charge in [-0.2, -0.15) is 0 Å². The Kier molecular flexibility index (Phi) is 5.60. The van der Waals surface area contributed by atoms with Crippen molar-refractivity contribution in [3.05, 3.63) is 102 Å². The van der Waals surface area contributed by atoms with Gasteiger partial charge in [0.2, 0.25) is 5.91 Å². The Morgan fingerprint density at radius 2 is 1.32 bits per heavy atom. The van der Waals surface area contributed by atoms with Crippen molar-refractivity contribution < 1.29 is 4.79 Å². The minimum absolute atomic E-state index is 0.0231. The number of rotatable bonds is 6. The Morgan fingerprint density at radius 1 is 0.800 bits per heavy atom. The summed E-state index contributed by atoms with van der Waals surface area (Å²) in [6.07, 6.45) is 0. The van der Waals surface area contributed by atoms with Gasteiger partial charge in [-0.1, -0.05) is 78.9 Å². The molecule has 0 aliphatic rings. The lowest BCUT2D eigenvalue weighted by atomic mass is 9.99. The van der Waals surface area contributed by atoms with Crippen molar-refractivity contribution in [1.29, 1.82) is 0 Å². The lowest BCUT2D eigenvalue weighted by Gasteiger charge is -2.20. The van der Waals surface area contributed by atoms with E-state index >= 15 is 0 Å². The molecule has 0 radical (unpaired) electrons. The maximum Gasteiger partial charge on any atom is 0.238 e. The van der Waals surface area contributed by atoms with Gasteiger partial charge in [0.1, 0.15) is 0 Å². The van der Waals surface area contributed by atoms with E-state index < -0.39 is 0 Å². The number of hydrogen-bond acceptors (Lipinski definition) is 2. The molecule has 0 unspecified atom stereocenters. The molecule has 0 spiro atoms. The van der Waals surface area contributed by atoms with E-state index in [0.717, 1.165) is 22.4 Å². The summed E-state index contributed by atoms with van der Waals surface area (Å²) < 4.78 is 0. The van der Waals surface area contributed by atoms with E-state index in [1.807, 2.05) is 67.6 Å². The van der Waals surface area contributed by atoms with Crippen LogP contribution in [0.5, 0.6) is 0 Å². The Morgan fingerprint density at radius 3 is 1.88 bits per heavy atom. The van der Waals surface area contributed by atoms with E-state index in [0.29, 0.717) is 0 Å². The highest BCUT2D eigenvalue weighted by Crippen LogP contribution is 2.21. The minimum Gasteiger partial charge on any atom is -0.325 e. The predicted octanol–water partition coefficient (Wildman–Crippen LogP) is 4.31. The molecule has 1 amide bonds. The maximum atomic E-state index is 12.4. The van der Waals surface area contributed by atoms with E-state index in [1.54, 1.807) is 0 Å². The Hall–Kier alpha value is -2.91. The normalized spacial score (nSPS) is 10.6. The van der Waals surface area contributed by atoms with Crippen LogP contribution in [-0.4, -0.2) is 12.5 Å². The van der Waals surface area contributed by atoms with Gasteiger partial charge in [-0.25, -0.2) is 0 Å². The Labute approximate surface area is 148 Å². The molecule has 126 valence electrons. The van der Waals surface area contributed by atoms with Crippen molar-refractivity contribution in [2.24, 2.45) is 0 Å². The molecule has 0 atom stereocenters. The molecule has 0 saturated carbocycles. The van der Waals surface area contributed by atoms with Crippen LogP contribution in [0.1, 0.15) is 22.7 Å². The number of amides is 1. The number of carbonyl (C=O) groups excluding carboxylic acids is 1. The smallest absolute Gasteiger partial charge is 0.238 e. The highest BCUT2D eigenvalue weighted by Gasteiger charge is 2.14. The second kappa shape index (κ2) is 8.27. The zero-order valence-electron chi connectivity index (χ0n) is 14.3. The van der Waals surface area contributed by atoms with Crippen LogP contribution in [0, 0.1) is 6.92 Å². The fourth-order valence-electron chi connectivity index (χ4n) is 2.82. The average molecular weight is 330 g/mol. The lowest BCUT2D eigenvalue weighted by molar-refractivity contribution is -0.115. The molecule has 3 heteroatoms. The van der Waals surface area contributed by atoms with Gasteiger partial charge in [0, 0.05) is 5.69 Å². The van der Waals surface area contributed by atoms with E-state index in [1.165, 1.54) is 0 Å². The van der Waals surface area contributed by atoms with Crippen LogP contribution < -0.4 is 10.6 Å². The molecule has 0 fully saturated rings. The fraction of sp³-hybridized carbons (Fsp3) is 0.136. The van der Waals surface area contributed by atoms with Gasteiger partial charge in [-0.15, -0.1) is 0 Å². The SMILES string of the molecule is Cc1ccccc1NC(=O)CNC(c1ccccc1)c1ccccc1. The number of benzene rings is 3. The second-order valence-corrected chi connectivity index (χ2v) is 6.00.